The molecule has 0 saturated carbocycles. The number of imidazole rings is 1. The summed E-state index contributed by atoms with van der Waals surface area (Å²) >= 11 is 0. The Hall–Kier alpha value is -3.99. The lowest BCUT2D eigenvalue weighted by molar-refractivity contribution is -0.00835. The van der Waals surface area contributed by atoms with Gasteiger partial charge in [-0.1, -0.05) is 12.1 Å². The number of hydrogen-bond donors (Lipinski definition) is 3. The van der Waals surface area contributed by atoms with Gasteiger partial charge in [0, 0.05) is 51.6 Å². The number of carbonyl (C=O) groups is 2. The van der Waals surface area contributed by atoms with Gasteiger partial charge in [0.15, 0.2) is 10.8 Å². The third-order valence-electron chi connectivity index (χ3n) is 8.37. The van der Waals surface area contributed by atoms with Crippen molar-refractivity contribution in [1.82, 2.24) is 23.9 Å². The van der Waals surface area contributed by atoms with E-state index in [1.807, 2.05) is 13.8 Å². The summed E-state index contributed by atoms with van der Waals surface area (Å²) in [6.07, 6.45) is 4.23. The highest BCUT2D eigenvalue weighted by atomic mass is 32.2. The molecule has 264 valence electrons. The van der Waals surface area contributed by atoms with E-state index in [4.69, 9.17) is 14.0 Å². The highest BCUT2D eigenvalue weighted by Crippen LogP contribution is 2.29. The van der Waals surface area contributed by atoms with Crippen LogP contribution in [0.15, 0.2) is 40.3 Å². The number of urea groups is 1. The van der Waals surface area contributed by atoms with Crippen molar-refractivity contribution in [3.05, 3.63) is 47.7 Å². The number of benzene rings is 1. The van der Waals surface area contributed by atoms with Crippen LogP contribution in [-0.2, 0) is 21.8 Å². The lowest BCUT2D eigenvalue weighted by Gasteiger charge is -2.35. The molecule has 1 aromatic carbocycles. The predicted octanol–water partition coefficient (Wildman–Crippen LogP) is 3.79. The number of aliphatic hydroxyl groups is 1. The predicted molar refractivity (Wildman–Crippen MR) is 179 cm³/mol. The quantitative estimate of drug-likeness (QED) is 0.315. The SMILES string of the molecule is Cc1noc(C)c1NC(=O)Nc1ccc2c(c1)C(=O)N([C@@H](C)CO)C[C@@H](C)[C@@H](CN(C)S(=O)(=O)c1cn(C)cn1)OCCCC[C@@H](C)O2. The maximum atomic E-state index is 14.3. The van der Waals surface area contributed by atoms with E-state index in [1.54, 1.807) is 50.6 Å². The molecule has 0 aliphatic carbocycles. The molecule has 1 aliphatic rings. The molecule has 0 saturated heterocycles. The van der Waals surface area contributed by atoms with Crippen LogP contribution in [0.4, 0.5) is 16.2 Å². The highest BCUT2D eigenvalue weighted by Gasteiger charge is 2.33. The van der Waals surface area contributed by atoms with Crippen molar-refractivity contribution in [3.63, 3.8) is 0 Å². The molecule has 0 fully saturated rings. The van der Waals surface area contributed by atoms with E-state index in [9.17, 15) is 23.1 Å². The standard InChI is InChI=1S/C32H47N7O8S/c1-20-15-39(21(2)18-40)31(41)26-14-25(34-32(42)35-30-23(4)36-47-24(30)5)11-12-27(26)46-22(3)10-8-9-13-45-28(20)16-38(7)48(43,44)29-17-37(6)19-33-29/h11-12,14,17,19-22,28,40H,8-10,13,15-16,18H2,1-7H3,(H2,34,35,42)/t20-,21+,22-,28-/m1/s1. The van der Waals surface area contributed by atoms with Gasteiger partial charge in [-0.3, -0.25) is 4.79 Å². The van der Waals surface area contributed by atoms with Crippen LogP contribution in [0.1, 0.15) is 61.8 Å². The van der Waals surface area contributed by atoms with Crippen molar-refractivity contribution in [2.75, 3.05) is 44.0 Å². The first-order chi connectivity index (χ1) is 22.7. The molecule has 4 atom stereocenters. The number of anilines is 2. The van der Waals surface area contributed by atoms with Gasteiger partial charge in [-0.05, 0) is 65.2 Å². The molecule has 2 aromatic heterocycles. The second-order valence-electron chi connectivity index (χ2n) is 12.5. The first kappa shape index (κ1) is 36.8. The molecule has 16 heteroatoms. The summed E-state index contributed by atoms with van der Waals surface area (Å²) in [4.78, 5) is 32.8. The molecule has 48 heavy (non-hydrogen) atoms. The van der Waals surface area contributed by atoms with Gasteiger partial charge in [0.2, 0.25) is 0 Å². The normalized spacial score (nSPS) is 20.5. The fraction of sp³-hybridized carbons (Fsp3) is 0.562. The first-order valence-electron chi connectivity index (χ1n) is 16.0. The molecular weight excluding hydrogens is 642 g/mol. The summed E-state index contributed by atoms with van der Waals surface area (Å²) < 4.78 is 47.1. The molecule has 0 bridgehead atoms. The number of fused-ring (bicyclic) bond motifs is 1. The number of amides is 3. The monoisotopic (exact) mass is 689 g/mol. The molecule has 0 unspecified atom stereocenters. The van der Waals surface area contributed by atoms with Gasteiger partial charge in [0.05, 0.1) is 36.7 Å². The van der Waals surface area contributed by atoms with Crippen LogP contribution in [0.3, 0.4) is 0 Å². The zero-order valence-corrected chi connectivity index (χ0v) is 29.4. The molecule has 3 heterocycles. The topological polar surface area (TPSA) is 181 Å². The maximum absolute atomic E-state index is 14.3. The molecule has 3 amide bonds. The number of nitrogens with one attached hydrogen (secondary N) is 2. The number of likely N-dealkylation sites (N-methyl/N-ethyl adjacent to an activating group) is 1. The summed E-state index contributed by atoms with van der Waals surface area (Å²) in [5.41, 5.74) is 1.52. The Labute approximate surface area is 281 Å². The van der Waals surface area contributed by atoms with E-state index < -0.39 is 34.1 Å². The smallest absolute Gasteiger partial charge is 0.323 e. The van der Waals surface area contributed by atoms with E-state index in [1.165, 1.54) is 28.8 Å². The number of hydrogen-bond acceptors (Lipinski definition) is 10. The third kappa shape index (κ3) is 8.92. The number of ether oxygens (including phenoxy) is 2. The Morgan fingerprint density at radius 1 is 1.21 bits per heavy atom. The van der Waals surface area contributed by atoms with E-state index in [0.717, 1.165) is 12.8 Å². The zero-order chi connectivity index (χ0) is 35.2. The van der Waals surface area contributed by atoms with Crippen molar-refractivity contribution in [2.45, 2.75) is 77.2 Å². The van der Waals surface area contributed by atoms with Crippen LogP contribution < -0.4 is 15.4 Å². The van der Waals surface area contributed by atoms with Crippen molar-refractivity contribution in [3.8, 4) is 5.75 Å². The fourth-order valence-corrected chi connectivity index (χ4v) is 6.58. The summed E-state index contributed by atoms with van der Waals surface area (Å²) in [5.74, 6) is 0.0244. The van der Waals surface area contributed by atoms with E-state index >= 15 is 0 Å². The fourth-order valence-electron chi connectivity index (χ4n) is 5.43. The number of aromatic nitrogens is 3. The Bertz CT molecular complexity index is 1650. The lowest BCUT2D eigenvalue weighted by atomic mass is 10.0. The zero-order valence-electron chi connectivity index (χ0n) is 28.6. The van der Waals surface area contributed by atoms with Crippen LogP contribution in [0.2, 0.25) is 0 Å². The van der Waals surface area contributed by atoms with E-state index in [-0.39, 0.29) is 42.3 Å². The van der Waals surface area contributed by atoms with Gasteiger partial charge in [-0.25, -0.2) is 18.2 Å². The third-order valence-corrected chi connectivity index (χ3v) is 10.1. The summed E-state index contributed by atoms with van der Waals surface area (Å²) in [6.45, 7) is 9.17. The van der Waals surface area contributed by atoms with Gasteiger partial charge in [-0.15, -0.1) is 0 Å². The minimum absolute atomic E-state index is 0.0278. The van der Waals surface area contributed by atoms with Gasteiger partial charge in [0.1, 0.15) is 17.1 Å². The molecule has 3 N–H and O–H groups in total. The number of carbonyl (C=O) groups excluding carboxylic acids is 2. The van der Waals surface area contributed by atoms with Gasteiger partial charge >= 0.3 is 6.03 Å². The average molecular weight is 690 g/mol. The van der Waals surface area contributed by atoms with Crippen molar-refractivity contribution in [1.29, 1.82) is 0 Å². The number of rotatable bonds is 8. The minimum atomic E-state index is -3.89. The molecule has 0 spiro atoms. The van der Waals surface area contributed by atoms with Gasteiger partial charge in [-0.2, -0.15) is 4.31 Å². The summed E-state index contributed by atoms with van der Waals surface area (Å²) in [7, 11) is -0.717. The van der Waals surface area contributed by atoms with Crippen LogP contribution >= 0.6 is 0 Å². The first-order valence-corrected chi connectivity index (χ1v) is 17.4. The average Bonchev–Trinajstić information content (AvgIpc) is 3.63. The Kier molecular flexibility index (Phi) is 12.2. The summed E-state index contributed by atoms with van der Waals surface area (Å²) in [6, 6.07) is 3.69. The van der Waals surface area contributed by atoms with Crippen molar-refractivity contribution in [2.24, 2.45) is 13.0 Å². The second kappa shape index (κ2) is 15.9. The molecule has 4 rings (SSSR count). The van der Waals surface area contributed by atoms with Crippen molar-refractivity contribution >= 4 is 33.3 Å². The van der Waals surface area contributed by atoms with E-state index in [2.05, 4.69) is 20.8 Å². The maximum Gasteiger partial charge on any atom is 0.323 e. The molecule has 3 aromatic rings. The summed E-state index contributed by atoms with van der Waals surface area (Å²) in [5, 5.41) is 19.5. The van der Waals surface area contributed by atoms with Gasteiger partial charge in [0.25, 0.3) is 15.9 Å². The van der Waals surface area contributed by atoms with Crippen LogP contribution in [0.5, 0.6) is 5.75 Å². The Balaban J connectivity index is 1.63. The number of sulfonamides is 1. The largest absolute Gasteiger partial charge is 0.490 e. The molecule has 15 nitrogen and oxygen atoms in total. The van der Waals surface area contributed by atoms with Crippen LogP contribution in [-0.4, -0.2) is 101 Å². The van der Waals surface area contributed by atoms with Crippen LogP contribution in [0.25, 0.3) is 0 Å². The molecule has 0 radical (unpaired) electrons. The Morgan fingerprint density at radius 2 is 1.96 bits per heavy atom. The second-order valence-corrected chi connectivity index (χ2v) is 14.4. The minimum Gasteiger partial charge on any atom is -0.490 e. The van der Waals surface area contributed by atoms with Crippen LogP contribution in [0, 0.1) is 19.8 Å². The number of nitrogens with zero attached hydrogens (tertiary/aromatic N) is 5. The van der Waals surface area contributed by atoms with E-state index in [0.29, 0.717) is 41.6 Å². The van der Waals surface area contributed by atoms with Gasteiger partial charge < -0.3 is 39.2 Å². The highest BCUT2D eigenvalue weighted by molar-refractivity contribution is 7.89. The number of aryl methyl sites for hydroxylation is 3. The lowest BCUT2D eigenvalue weighted by Crippen LogP contribution is -2.48. The molecular formula is C32H47N7O8S. The van der Waals surface area contributed by atoms with Crippen molar-refractivity contribution < 1.29 is 37.1 Å². The number of aliphatic hydroxyl groups excluding tert-OH is 1. The molecule has 1 aliphatic heterocycles. The Morgan fingerprint density at radius 3 is 2.60 bits per heavy atom.